The van der Waals surface area contributed by atoms with E-state index in [0.717, 1.165) is 25.7 Å². The van der Waals surface area contributed by atoms with Gasteiger partial charge in [0.2, 0.25) is 0 Å². The molecule has 10 atom stereocenters. The second-order valence-electron chi connectivity index (χ2n) is 10.3. The summed E-state index contributed by atoms with van der Waals surface area (Å²) in [6.07, 6.45) is 0.0649. The molecule has 2 rings (SSSR count). The van der Waals surface area contributed by atoms with E-state index in [1.54, 1.807) is 0 Å². The lowest BCUT2D eigenvalue weighted by atomic mass is 9.97. The van der Waals surface area contributed by atoms with E-state index in [1.165, 1.54) is 51.4 Å². The highest BCUT2D eigenvalue weighted by atomic mass is 16.7. The zero-order valence-corrected chi connectivity index (χ0v) is 22.1. The Bertz CT molecular complexity index is 583. The molecule has 0 aromatic heterocycles. The summed E-state index contributed by atoms with van der Waals surface area (Å²) < 4.78 is 22.1. The summed E-state index contributed by atoms with van der Waals surface area (Å²) in [6.45, 7) is 1.26. The van der Waals surface area contributed by atoms with Gasteiger partial charge in [-0.3, -0.25) is 0 Å². The molecule has 11 nitrogen and oxygen atoms in total. The molecule has 0 saturated carbocycles. The van der Waals surface area contributed by atoms with Crippen molar-refractivity contribution in [3.63, 3.8) is 0 Å². The van der Waals surface area contributed by atoms with Crippen LogP contribution in [0.4, 0.5) is 0 Å². The van der Waals surface area contributed by atoms with Gasteiger partial charge in [-0.2, -0.15) is 0 Å². The third kappa shape index (κ3) is 10.2. The summed E-state index contributed by atoms with van der Waals surface area (Å²) in [5, 5.41) is 70.4. The Morgan fingerprint density at radius 2 is 1.03 bits per heavy atom. The van der Waals surface area contributed by atoms with Crippen LogP contribution in [-0.4, -0.2) is 117 Å². The topological polar surface area (TPSA) is 179 Å². The lowest BCUT2D eigenvalue weighted by Gasteiger charge is -2.46. The summed E-state index contributed by atoms with van der Waals surface area (Å²) >= 11 is 0. The van der Waals surface area contributed by atoms with Crippen LogP contribution in [0.15, 0.2) is 0 Å². The number of hydrogen-bond acceptors (Lipinski definition) is 11. The molecule has 220 valence electrons. The van der Waals surface area contributed by atoms with Crippen LogP contribution < -0.4 is 0 Å². The molecule has 0 bridgehead atoms. The second kappa shape index (κ2) is 18.0. The van der Waals surface area contributed by atoms with Gasteiger partial charge in [-0.05, 0) is 6.42 Å². The fourth-order valence-corrected chi connectivity index (χ4v) is 4.88. The van der Waals surface area contributed by atoms with Gasteiger partial charge in [0.25, 0.3) is 0 Å². The van der Waals surface area contributed by atoms with E-state index < -0.39 is 74.6 Å². The third-order valence-electron chi connectivity index (χ3n) is 7.27. The summed E-state index contributed by atoms with van der Waals surface area (Å²) in [5.41, 5.74) is 0. The first-order valence-corrected chi connectivity index (χ1v) is 14.1. The number of rotatable bonds is 18. The normalized spacial score (nSPS) is 36.6. The predicted molar refractivity (Wildman–Crippen MR) is 133 cm³/mol. The van der Waals surface area contributed by atoms with Crippen molar-refractivity contribution in [2.24, 2.45) is 0 Å². The molecule has 0 spiro atoms. The number of unbranched alkanes of at least 4 members (excludes halogenated alkanes) is 11. The van der Waals surface area contributed by atoms with Crippen molar-refractivity contribution >= 4 is 0 Å². The summed E-state index contributed by atoms with van der Waals surface area (Å²) in [4.78, 5) is 0. The number of ether oxygens (including phenoxy) is 4. The van der Waals surface area contributed by atoms with Crippen molar-refractivity contribution < 1.29 is 54.7 Å². The molecule has 0 unspecified atom stereocenters. The molecule has 0 amide bonds. The van der Waals surface area contributed by atoms with E-state index in [9.17, 15) is 35.7 Å². The predicted octanol–water partition coefficient (Wildman–Crippen LogP) is 0.328. The van der Waals surface area contributed by atoms with Crippen LogP contribution in [0.1, 0.15) is 84.0 Å². The molecular weight excluding hydrogens is 488 g/mol. The van der Waals surface area contributed by atoms with Gasteiger partial charge in [-0.15, -0.1) is 0 Å². The third-order valence-corrected chi connectivity index (χ3v) is 7.27. The zero-order valence-electron chi connectivity index (χ0n) is 22.1. The smallest absolute Gasteiger partial charge is 0.187 e. The highest BCUT2D eigenvalue weighted by Gasteiger charge is 2.50. The van der Waals surface area contributed by atoms with Crippen molar-refractivity contribution in [3.8, 4) is 0 Å². The molecule has 2 saturated heterocycles. The van der Waals surface area contributed by atoms with Gasteiger partial charge in [0.15, 0.2) is 12.6 Å². The van der Waals surface area contributed by atoms with Crippen molar-refractivity contribution in [2.45, 2.75) is 145 Å². The lowest BCUT2D eigenvalue weighted by Crippen LogP contribution is -2.64. The van der Waals surface area contributed by atoms with E-state index in [1.807, 2.05) is 0 Å². The van der Waals surface area contributed by atoms with Crippen molar-refractivity contribution in [1.82, 2.24) is 0 Å². The Morgan fingerprint density at radius 1 is 0.568 bits per heavy atom. The highest BCUT2D eigenvalue weighted by molar-refractivity contribution is 4.94. The van der Waals surface area contributed by atoms with Gasteiger partial charge in [0.1, 0.15) is 48.8 Å². The molecule has 0 aliphatic carbocycles. The standard InChI is InChI=1S/C26H50O11/c1-2-3-4-5-6-7-8-9-10-11-12-13-14-34-24-22(32)20(30)18(16-28)36-26(24)37-23-21(31)19(29)17(15-27)35-25(23)33/h17-33H,2-16H2,1H3/t17-,18-,19-,20-,21+,22+,23-,24-,25-,26-/m1/s1. The maximum Gasteiger partial charge on any atom is 0.187 e. The average Bonchev–Trinajstić information content (AvgIpc) is 2.89. The Morgan fingerprint density at radius 3 is 1.54 bits per heavy atom. The van der Waals surface area contributed by atoms with E-state index >= 15 is 0 Å². The van der Waals surface area contributed by atoms with Crippen LogP contribution in [0.5, 0.6) is 0 Å². The monoisotopic (exact) mass is 538 g/mol. The van der Waals surface area contributed by atoms with Crippen molar-refractivity contribution in [1.29, 1.82) is 0 Å². The van der Waals surface area contributed by atoms with Gasteiger partial charge in [0, 0.05) is 6.61 Å². The Hall–Kier alpha value is -0.440. The van der Waals surface area contributed by atoms with Gasteiger partial charge in [-0.1, -0.05) is 77.6 Å². The minimum atomic E-state index is -1.70. The van der Waals surface area contributed by atoms with Crippen molar-refractivity contribution in [3.05, 3.63) is 0 Å². The van der Waals surface area contributed by atoms with Gasteiger partial charge < -0.3 is 54.7 Å². The zero-order chi connectivity index (χ0) is 27.2. The van der Waals surface area contributed by atoms with E-state index in [2.05, 4.69) is 6.92 Å². The quantitative estimate of drug-likeness (QED) is 0.120. The second-order valence-corrected chi connectivity index (χ2v) is 10.3. The Kier molecular flexibility index (Phi) is 16.0. The van der Waals surface area contributed by atoms with Crippen molar-refractivity contribution in [2.75, 3.05) is 19.8 Å². The molecule has 2 aliphatic heterocycles. The van der Waals surface area contributed by atoms with Crippen LogP contribution in [0, 0.1) is 0 Å². The molecule has 2 aliphatic rings. The maximum atomic E-state index is 10.6. The minimum absolute atomic E-state index is 0.264. The molecule has 2 heterocycles. The molecule has 37 heavy (non-hydrogen) atoms. The maximum absolute atomic E-state index is 10.6. The molecular formula is C26H50O11. The van der Waals surface area contributed by atoms with Crippen LogP contribution >= 0.6 is 0 Å². The fourth-order valence-electron chi connectivity index (χ4n) is 4.88. The molecule has 0 aromatic carbocycles. The van der Waals surface area contributed by atoms with Gasteiger partial charge >= 0.3 is 0 Å². The van der Waals surface area contributed by atoms with Crippen LogP contribution in [0.2, 0.25) is 0 Å². The number of hydrogen-bond donors (Lipinski definition) is 7. The molecule has 0 aromatic rings. The summed E-state index contributed by atoms with van der Waals surface area (Å²) in [5.74, 6) is 0. The lowest BCUT2D eigenvalue weighted by molar-refractivity contribution is -0.365. The first-order chi connectivity index (χ1) is 17.8. The molecule has 0 radical (unpaired) electrons. The summed E-state index contributed by atoms with van der Waals surface area (Å²) in [6, 6.07) is 0. The number of aliphatic hydroxyl groups excluding tert-OH is 7. The van der Waals surface area contributed by atoms with Crippen LogP contribution in [0.3, 0.4) is 0 Å². The largest absolute Gasteiger partial charge is 0.394 e. The Balaban J connectivity index is 1.77. The number of aliphatic hydroxyl groups is 7. The van der Waals surface area contributed by atoms with Gasteiger partial charge in [-0.25, -0.2) is 0 Å². The van der Waals surface area contributed by atoms with Crippen LogP contribution in [0.25, 0.3) is 0 Å². The highest BCUT2D eigenvalue weighted by Crippen LogP contribution is 2.30. The molecule has 2 fully saturated rings. The average molecular weight is 539 g/mol. The summed E-state index contributed by atoms with van der Waals surface area (Å²) in [7, 11) is 0. The first-order valence-electron chi connectivity index (χ1n) is 14.1. The van der Waals surface area contributed by atoms with Gasteiger partial charge in [0.05, 0.1) is 13.2 Å². The molecule has 7 N–H and O–H groups in total. The Labute approximate surface area is 220 Å². The van der Waals surface area contributed by atoms with E-state index in [4.69, 9.17) is 18.9 Å². The van der Waals surface area contributed by atoms with Crippen LogP contribution in [-0.2, 0) is 18.9 Å². The fraction of sp³-hybridized carbons (Fsp3) is 1.00. The van der Waals surface area contributed by atoms with E-state index in [-0.39, 0.29) is 6.61 Å². The molecule has 11 heteroatoms. The first kappa shape index (κ1) is 32.8. The SMILES string of the molecule is CCCCCCCCCCCCCCO[C@H]1[C@@H](O[C@@H]2[C@@H](O)[C@H](O)[C@@H](CO)O[C@H]2O)O[C@H](CO)[C@@H](O)[C@@H]1O. The minimum Gasteiger partial charge on any atom is -0.394 e. The van der Waals surface area contributed by atoms with E-state index in [0.29, 0.717) is 0 Å².